The lowest BCUT2D eigenvalue weighted by atomic mass is 9.92. The van der Waals surface area contributed by atoms with Crippen molar-refractivity contribution in [2.45, 2.75) is 56.8 Å². The van der Waals surface area contributed by atoms with Crippen LogP contribution < -0.4 is 9.64 Å². The van der Waals surface area contributed by atoms with E-state index in [2.05, 4.69) is 31.0 Å². The molecule has 0 saturated carbocycles. The number of nitrogens with one attached hydrogen (secondary N) is 1. The number of anilines is 1. The van der Waals surface area contributed by atoms with Crippen LogP contribution in [0.15, 0.2) is 18.5 Å². The zero-order chi connectivity index (χ0) is 29.1. The second kappa shape index (κ2) is 10.6. The van der Waals surface area contributed by atoms with Crippen molar-refractivity contribution in [1.29, 1.82) is 0 Å². The van der Waals surface area contributed by atoms with Gasteiger partial charge in [-0.25, -0.2) is 4.39 Å². The second-order valence-electron chi connectivity index (χ2n) is 12.4. The molecule has 3 aromatic heterocycles. The van der Waals surface area contributed by atoms with Crippen molar-refractivity contribution >= 4 is 27.6 Å². The molecule has 3 saturated heterocycles. The first-order valence-electron chi connectivity index (χ1n) is 15.3. The molecular formula is C31H36FN7O4. The molecule has 9 rings (SSSR count). The summed E-state index contributed by atoms with van der Waals surface area (Å²) in [7, 11) is 0. The van der Waals surface area contributed by atoms with E-state index in [0.717, 1.165) is 53.4 Å². The van der Waals surface area contributed by atoms with Crippen molar-refractivity contribution in [2.75, 3.05) is 57.5 Å². The molecule has 0 aliphatic carbocycles. The molecule has 0 spiro atoms. The predicted molar refractivity (Wildman–Crippen MR) is 158 cm³/mol. The lowest BCUT2D eigenvalue weighted by Gasteiger charge is -2.31. The van der Waals surface area contributed by atoms with Gasteiger partial charge in [-0.2, -0.15) is 15.1 Å². The smallest absolute Gasteiger partial charge is 0.319 e. The minimum atomic E-state index is -0.506. The molecule has 3 fully saturated rings. The van der Waals surface area contributed by atoms with E-state index < -0.39 is 5.82 Å². The van der Waals surface area contributed by atoms with E-state index in [0.29, 0.717) is 70.1 Å². The molecule has 3 atom stereocenters. The highest BCUT2D eigenvalue weighted by molar-refractivity contribution is 5.99. The fourth-order valence-electron chi connectivity index (χ4n) is 7.62. The summed E-state index contributed by atoms with van der Waals surface area (Å²) in [6.07, 6.45) is 6.99. The third-order valence-electron chi connectivity index (χ3n) is 9.67. The Bertz CT molecular complexity index is 1700. The number of β-amino-alcohol motifs (C(OH)–C–C–N with tert-alkyl or cyclic N) is 1. The molecule has 0 amide bonds. The molecule has 5 aliphatic rings. The molecule has 11 nitrogen and oxygen atoms in total. The van der Waals surface area contributed by atoms with Crippen molar-refractivity contribution in [3.05, 3.63) is 35.4 Å². The van der Waals surface area contributed by atoms with E-state index in [4.69, 9.17) is 24.2 Å². The zero-order valence-corrected chi connectivity index (χ0v) is 24.3. The molecule has 2 N–H and O–H groups in total. The van der Waals surface area contributed by atoms with Crippen LogP contribution in [0.2, 0.25) is 0 Å². The normalized spacial score (nSPS) is 26.2. The number of fused-ring (bicyclic) bond motifs is 6. The van der Waals surface area contributed by atoms with Crippen molar-refractivity contribution < 1.29 is 23.7 Å². The first kappa shape index (κ1) is 27.1. The molecular weight excluding hydrogens is 553 g/mol. The van der Waals surface area contributed by atoms with Gasteiger partial charge in [-0.05, 0) is 62.8 Å². The third-order valence-corrected chi connectivity index (χ3v) is 9.67. The maximum atomic E-state index is 16.9. The standard InChI is InChI=1S/C31H36FN7O4/c1-18-10-24-22(13-34-37-24)25-21(18)4-2-8-42-20-15-38(7-9-41-16-20)29-23-12-33-28(25)26(32)27(23)35-30(36-29)43-17-31-5-3-6-39(31)14-19(40)11-31/h10,12-13,19-20,40H,2-9,11,14-17H2,1H3,(H,34,37). The minimum Gasteiger partial charge on any atom is -0.461 e. The highest BCUT2D eigenvalue weighted by Crippen LogP contribution is 2.41. The van der Waals surface area contributed by atoms with Crippen LogP contribution >= 0.6 is 0 Å². The lowest BCUT2D eigenvalue weighted by Crippen LogP contribution is -2.43. The van der Waals surface area contributed by atoms with E-state index in [1.165, 1.54) is 0 Å². The van der Waals surface area contributed by atoms with Crippen LogP contribution in [0.25, 0.3) is 33.1 Å². The maximum Gasteiger partial charge on any atom is 0.319 e. The Morgan fingerprint density at radius 2 is 2.09 bits per heavy atom. The van der Waals surface area contributed by atoms with Crippen LogP contribution in [0.3, 0.4) is 0 Å². The van der Waals surface area contributed by atoms with Gasteiger partial charge in [0, 0.05) is 43.4 Å². The number of aliphatic hydroxyl groups is 1. The molecule has 5 aliphatic heterocycles. The number of nitrogens with zero attached hydrogens (tertiary/aromatic N) is 6. The monoisotopic (exact) mass is 589 g/mol. The quantitative estimate of drug-likeness (QED) is 0.369. The number of hydrogen-bond acceptors (Lipinski definition) is 10. The number of rotatable bonds is 3. The molecule has 226 valence electrons. The zero-order valence-electron chi connectivity index (χ0n) is 24.3. The lowest BCUT2D eigenvalue weighted by molar-refractivity contribution is -0.00000392. The molecule has 1 aromatic carbocycles. The van der Waals surface area contributed by atoms with Gasteiger partial charge < -0.3 is 24.2 Å². The van der Waals surface area contributed by atoms with Crippen LogP contribution in [0.1, 0.15) is 36.8 Å². The highest BCUT2D eigenvalue weighted by atomic mass is 19.1. The van der Waals surface area contributed by atoms with Crippen LogP contribution in [0.5, 0.6) is 6.01 Å². The van der Waals surface area contributed by atoms with Crippen LogP contribution in [-0.4, -0.2) is 106 Å². The number of hydrogen-bond donors (Lipinski definition) is 2. The molecule has 12 heteroatoms. The summed E-state index contributed by atoms with van der Waals surface area (Å²) in [6, 6.07) is 2.17. The summed E-state index contributed by atoms with van der Waals surface area (Å²) in [5, 5.41) is 19.0. The summed E-state index contributed by atoms with van der Waals surface area (Å²) in [5.41, 5.74) is 3.76. The second-order valence-corrected chi connectivity index (χ2v) is 12.4. The van der Waals surface area contributed by atoms with Gasteiger partial charge in [-0.1, -0.05) is 0 Å². The predicted octanol–water partition coefficient (Wildman–Crippen LogP) is 3.16. The van der Waals surface area contributed by atoms with E-state index >= 15 is 4.39 Å². The van der Waals surface area contributed by atoms with Crippen molar-refractivity contribution in [3.8, 4) is 17.3 Å². The SMILES string of the molecule is Cc1cc2[nH]ncc2c2c1CCCOC1COCCN(C1)c1nc(OCC34CCCN3CC(O)C4)nc3c(F)c-2ncc13. The number of aromatic amines is 1. The topological polar surface area (TPSA) is 122 Å². The third kappa shape index (κ3) is 4.62. The Hall–Kier alpha value is -3.45. The van der Waals surface area contributed by atoms with Gasteiger partial charge in [-0.15, -0.1) is 0 Å². The number of H-pyrrole nitrogens is 1. The Morgan fingerprint density at radius 3 is 3.02 bits per heavy atom. The molecule has 8 heterocycles. The Morgan fingerprint density at radius 1 is 1.16 bits per heavy atom. The average Bonchev–Trinajstić information content (AvgIpc) is 3.63. The van der Waals surface area contributed by atoms with Crippen LogP contribution in [-0.2, 0) is 15.9 Å². The van der Waals surface area contributed by atoms with Gasteiger partial charge in [-0.3, -0.25) is 15.0 Å². The van der Waals surface area contributed by atoms with Crippen LogP contribution in [0.4, 0.5) is 10.2 Å². The van der Waals surface area contributed by atoms with Gasteiger partial charge >= 0.3 is 6.01 Å². The largest absolute Gasteiger partial charge is 0.461 e. The summed E-state index contributed by atoms with van der Waals surface area (Å²) >= 11 is 0. The molecule has 0 radical (unpaired) electrons. The van der Waals surface area contributed by atoms with E-state index in [9.17, 15) is 5.11 Å². The first-order chi connectivity index (χ1) is 21.0. The van der Waals surface area contributed by atoms with Gasteiger partial charge in [0.05, 0.1) is 48.1 Å². The molecule has 4 aromatic rings. The summed E-state index contributed by atoms with van der Waals surface area (Å²) in [5.74, 6) is 0.0486. The van der Waals surface area contributed by atoms with Crippen molar-refractivity contribution in [3.63, 3.8) is 0 Å². The summed E-state index contributed by atoms with van der Waals surface area (Å²) < 4.78 is 35.5. The van der Waals surface area contributed by atoms with E-state index in [-0.39, 0.29) is 35.0 Å². The van der Waals surface area contributed by atoms with Gasteiger partial charge in [0.1, 0.15) is 23.6 Å². The minimum absolute atomic E-state index is 0.119. The van der Waals surface area contributed by atoms with Crippen molar-refractivity contribution in [1.82, 2.24) is 30.0 Å². The number of pyridine rings is 1. The Labute approximate surface area is 248 Å². The Kier molecular flexibility index (Phi) is 6.70. The first-order valence-corrected chi connectivity index (χ1v) is 15.3. The van der Waals surface area contributed by atoms with Gasteiger partial charge in [0.2, 0.25) is 0 Å². The number of ether oxygens (including phenoxy) is 3. The number of aryl methyl sites for hydroxylation is 1. The fraction of sp³-hybridized carbons (Fsp3) is 0.548. The highest BCUT2D eigenvalue weighted by Gasteiger charge is 2.48. The maximum absolute atomic E-state index is 16.9. The number of benzene rings is 1. The van der Waals surface area contributed by atoms with Gasteiger partial charge in [0.15, 0.2) is 5.82 Å². The summed E-state index contributed by atoms with van der Waals surface area (Å²) in [6.45, 7) is 6.59. The Balaban J connectivity index is 1.30. The van der Waals surface area contributed by atoms with Crippen molar-refractivity contribution in [2.24, 2.45) is 0 Å². The fourth-order valence-corrected chi connectivity index (χ4v) is 7.62. The van der Waals surface area contributed by atoms with E-state index in [1.54, 1.807) is 12.4 Å². The van der Waals surface area contributed by atoms with E-state index in [1.807, 2.05) is 6.92 Å². The number of halogens is 1. The molecule has 43 heavy (non-hydrogen) atoms. The number of aliphatic hydroxyl groups excluding tert-OH is 1. The van der Waals surface area contributed by atoms with Gasteiger partial charge in [0.25, 0.3) is 0 Å². The average molecular weight is 590 g/mol. The summed E-state index contributed by atoms with van der Waals surface area (Å²) in [4.78, 5) is 18.7. The molecule has 6 bridgehead atoms. The van der Waals surface area contributed by atoms with Crippen LogP contribution in [0, 0.1) is 12.7 Å². The number of aromatic nitrogens is 5. The molecule has 3 unspecified atom stereocenters.